The second-order valence-electron chi connectivity index (χ2n) is 18.4. The number of carboxylic acids is 1. The van der Waals surface area contributed by atoms with Crippen LogP contribution in [0.2, 0.25) is 0 Å². The molecule has 0 saturated carbocycles. The number of esters is 2. The molecule has 0 aromatic heterocycles. The van der Waals surface area contributed by atoms with Crippen molar-refractivity contribution in [3.8, 4) is 0 Å². The van der Waals surface area contributed by atoms with Gasteiger partial charge < -0.3 is 28.5 Å². The van der Waals surface area contributed by atoms with Gasteiger partial charge in [-0.3, -0.25) is 9.59 Å². The molecule has 1 N–H and O–H groups in total. The highest BCUT2D eigenvalue weighted by molar-refractivity contribution is 5.71. The molecule has 0 heterocycles. The summed E-state index contributed by atoms with van der Waals surface area (Å²) in [6.07, 6.45) is 69.5. The minimum Gasteiger partial charge on any atom is -0.477 e. The molecule has 0 aliphatic rings. The summed E-state index contributed by atoms with van der Waals surface area (Å²) in [5.74, 6) is -2.09. The third-order valence-electron chi connectivity index (χ3n) is 10.6. The summed E-state index contributed by atoms with van der Waals surface area (Å²) in [6.45, 7) is 4.63. The number of rotatable bonds is 47. The number of aliphatic carboxylic acids is 1. The number of hydrogen-bond donors (Lipinski definition) is 1. The predicted octanol–water partition coefficient (Wildman–Crippen LogP) is 15.5. The smallest absolute Gasteiger partial charge is 0.361 e. The molecule has 0 spiro atoms. The van der Waals surface area contributed by atoms with Crippen molar-refractivity contribution in [3.63, 3.8) is 0 Å². The van der Waals surface area contributed by atoms with Gasteiger partial charge in [-0.2, -0.15) is 0 Å². The minimum atomic E-state index is -1.53. The maximum Gasteiger partial charge on any atom is 0.361 e. The molecular formula is C61H98NO8+. The lowest BCUT2D eigenvalue weighted by Crippen LogP contribution is -2.40. The third-order valence-corrected chi connectivity index (χ3v) is 10.6. The van der Waals surface area contributed by atoms with E-state index in [9.17, 15) is 19.5 Å². The van der Waals surface area contributed by atoms with Crippen LogP contribution in [0, 0.1) is 0 Å². The first kappa shape index (κ1) is 65.4. The first-order chi connectivity index (χ1) is 34.1. The number of allylic oxidation sites excluding steroid dienone is 22. The Morgan fingerprint density at radius 3 is 1.23 bits per heavy atom. The maximum absolute atomic E-state index is 12.8. The quantitative estimate of drug-likeness (QED) is 0.0211. The van der Waals surface area contributed by atoms with E-state index < -0.39 is 24.3 Å². The van der Waals surface area contributed by atoms with Gasteiger partial charge in [0.05, 0.1) is 34.4 Å². The molecule has 0 amide bonds. The van der Waals surface area contributed by atoms with Crippen LogP contribution in [-0.2, 0) is 33.3 Å². The standard InChI is InChI=1S/C61H97NO8/c1-6-8-10-12-14-16-18-20-22-23-24-25-26-27-28-29-30-31-32-33-34-35-36-37-38-40-42-44-46-48-50-52-59(64)70-57(56-69-61(60(65)66)67-54-53-62(3,4)5)55-68-58(63)51-49-47-45-43-41-39-21-19-17-15-13-11-9-7-2/h8,10,13-16,19-22,24-25,27-28,30-31,33-34,36-37,40,42,57,61H,6-7,9,11-12,17-18,23,26,29,32,35,38-39,41,43-56H2,1-5H3/p+1/b10-8-,15-13-,16-14-,21-19-,22-20-,25-24-,28-27-,31-30-,34-33-,37-36-,42-40-. The number of quaternary nitrogens is 1. The molecule has 394 valence electrons. The van der Waals surface area contributed by atoms with Gasteiger partial charge in [0.25, 0.3) is 6.29 Å². The first-order valence-corrected chi connectivity index (χ1v) is 26.8. The molecule has 2 unspecified atom stereocenters. The van der Waals surface area contributed by atoms with Gasteiger partial charge in [-0.15, -0.1) is 0 Å². The number of carboxylic acid groups (broad SMARTS) is 1. The first-order valence-electron chi connectivity index (χ1n) is 26.8. The fourth-order valence-electron chi connectivity index (χ4n) is 6.49. The fraction of sp³-hybridized carbons (Fsp3) is 0.590. The van der Waals surface area contributed by atoms with Crippen molar-refractivity contribution < 1.29 is 42.9 Å². The largest absolute Gasteiger partial charge is 0.477 e. The van der Waals surface area contributed by atoms with Gasteiger partial charge in [0.2, 0.25) is 0 Å². The van der Waals surface area contributed by atoms with Crippen LogP contribution in [-0.4, -0.2) is 87.4 Å². The van der Waals surface area contributed by atoms with E-state index in [1.54, 1.807) is 0 Å². The number of unbranched alkanes of at least 4 members (excludes halogenated alkanes) is 10. The lowest BCUT2D eigenvalue weighted by atomic mass is 10.1. The van der Waals surface area contributed by atoms with Crippen LogP contribution in [0.3, 0.4) is 0 Å². The molecule has 0 fully saturated rings. The number of carbonyl (C=O) groups excluding carboxylic acids is 2. The minimum absolute atomic E-state index is 0.170. The number of ether oxygens (including phenoxy) is 4. The molecule has 0 rings (SSSR count). The van der Waals surface area contributed by atoms with Crippen LogP contribution < -0.4 is 0 Å². The van der Waals surface area contributed by atoms with E-state index in [1.807, 2.05) is 21.1 Å². The number of likely N-dealkylation sites (N-methyl/N-ethyl adjacent to an activating group) is 1. The zero-order chi connectivity index (χ0) is 51.3. The molecular weight excluding hydrogens is 875 g/mol. The average Bonchev–Trinajstić information content (AvgIpc) is 3.33. The van der Waals surface area contributed by atoms with E-state index in [-0.39, 0.29) is 38.6 Å². The molecule has 0 saturated heterocycles. The van der Waals surface area contributed by atoms with Crippen LogP contribution in [0.4, 0.5) is 0 Å². The van der Waals surface area contributed by atoms with Crippen molar-refractivity contribution in [2.24, 2.45) is 0 Å². The topological polar surface area (TPSA) is 108 Å². The van der Waals surface area contributed by atoms with Gasteiger partial charge in [0.15, 0.2) is 6.10 Å². The Bertz CT molecular complexity index is 1600. The van der Waals surface area contributed by atoms with Gasteiger partial charge in [-0.05, 0) is 109 Å². The third kappa shape index (κ3) is 51.3. The molecule has 70 heavy (non-hydrogen) atoms. The van der Waals surface area contributed by atoms with Crippen molar-refractivity contribution in [2.45, 2.75) is 187 Å². The van der Waals surface area contributed by atoms with Crippen LogP contribution in [0.5, 0.6) is 0 Å². The van der Waals surface area contributed by atoms with Crippen molar-refractivity contribution in [2.75, 3.05) is 47.5 Å². The van der Waals surface area contributed by atoms with Crippen LogP contribution in [0.1, 0.15) is 174 Å². The molecule has 0 aliphatic heterocycles. The summed E-state index contributed by atoms with van der Waals surface area (Å²) in [5, 5.41) is 9.67. The van der Waals surface area contributed by atoms with Gasteiger partial charge >= 0.3 is 17.9 Å². The van der Waals surface area contributed by atoms with Gasteiger partial charge in [-0.1, -0.05) is 186 Å². The molecule has 0 aromatic carbocycles. The Morgan fingerprint density at radius 2 is 0.814 bits per heavy atom. The van der Waals surface area contributed by atoms with Crippen molar-refractivity contribution >= 4 is 17.9 Å². The Kier molecular flexibility index (Phi) is 47.5. The molecule has 0 radical (unpaired) electrons. The zero-order valence-corrected chi connectivity index (χ0v) is 44.6. The SMILES string of the molecule is CC/C=C\C/C=C\C/C=C\C/C=C\C/C=C\C/C=C\C/C=C\C/C=C\C/C=C\CCCCCC(=O)OC(COC(=O)CCCCCCC/C=C\C/C=C\CCCC)COC(OCC[N+](C)(C)C)C(=O)O. The van der Waals surface area contributed by atoms with E-state index in [0.717, 1.165) is 128 Å². The van der Waals surface area contributed by atoms with Crippen molar-refractivity contribution in [1.29, 1.82) is 0 Å². The maximum atomic E-state index is 12.8. The average molecular weight is 973 g/mol. The Balaban J connectivity index is 4.40. The fourth-order valence-corrected chi connectivity index (χ4v) is 6.49. The zero-order valence-electron chi connectivity index (χ0n) is 44.6. The van der Waals surface area contributed by atoms with Crippen LogP contribution in [0.25, 0.3) is 0 Å². The number of hydrogen-bond acceptors (Lipinski definition) is 7. The highest BCUT2D eigenvalue weighted by atomic mass is 16.7. The van der Waals surface area contributed by atoms with E-state index in [2.05, 4.69) is 148 Å². The molecule has 0 aromatic rings. The summed E-state index contributed by atoms with van der Waals surface area (Å²) in [4.78, 5) is 37.3. The van der Waals surface area contributed by atoms with E-state index in [0.29, 0.717) is 17.4 Å². The second-order valence-corrected chi connectivity index (χ2v) is 18.4. The van der Waals surface area contributed by atoms with Crippen molar-refractivity contribution in [3.05, 3.63) is 134 Å². The van der Waals surface area contributed by atoms with Crippen LogP contribution in [0.15, 0.2) is 134 Å². The second kappa shape index (κ2) is 50.8. The molecule has 9 nitrogen and oxygen atoms in total. The summed E-state index contributed by atoms with van der Waals surface area (Å²) < 4.78 is 22.7. The summed E-state index contributed by atoms with van der Waals surface area (Å²) in [5.41, 5.74) is 0. The highest BCUT2D eigenvalue weighted by Crippen LogP contribution is 2.12. The van der Waals surface area contributed by atoms with E-state index in [4.69, 9.17) is 18.9 Å². The molecule has 2 atom stereocenters. The van der Waals surface area contributed by atoms with E-state index >= 15 is 0 Å². The number of carbonyl (C=O) groups is 3. The lowest BCUT2D eigenvalue weighted by molar-refractivity contribution is -0.870. The summed E-state index contributed by atoms with van der Waals surface area (Å²) in [7, 11) is 5.93. The highest BCUT2D eigenvalue weighted by Gasteiger charge is 2.25. The summed E-state index contributed by atoms with van der Waals surface area (Å²) >= 11 is 0. The Morgan fingerprint density at radius 1 is 0.443 bits per heavy atom. The number of nitrogens with zero attached hydrogens (tertiary/aromatic N) is 1. The summed E-state index contributed by atoms with van der Waals surface area (Å²) in [6, 6.07) is 0. The lowest BCUT2D eigenvalue weighted by Gasteiger charge is -2.25. The molecule has 0 bridgehead atoms. The molecule has 0 aliphatic carbocycles. The van der Waals surface area contributed by atoms with Crippen molar-refractivity contribution in [1.82, 2.24) is 0 Å². The monoisotopic (exact) mass is 973 g/mol. The van der Waals surface area contributed by atoms with Gasteiger partial charge in [0.1, 0.15) is 13.2 Å². The van der Waals surface area contributed by atoms with Gasteiger partial charge in [0, 0.05) is 12.8 Å². The van der Waals surface area contributed by atoms with Gasteiger partial charge in [-0.25, -0.2) is 4.79 Å². The predicted molar refractivity (Wildman–Crippen MR) is 294 cm³/mol. The van der Waals surface area contributed by atoms with E-state index in [1.165, 1.54) is 12.8 Å². The molecule has 9 heteroatoms. The Labute approximate surface area is 427 Å². The van der Waals surface area contributed by atoms with Crippen LogP contribution >= 0.6 is 0 Å². The Hall–Kier alpha value is -4.57. The normalized spacial score (nSPS) is 13.9.